The Hall–Kier alpha value is -4.40. The van der Waals surface area contributed by atoms with Gasteiger partial charge in [0.15, 0.2) is 34.5 Å². The van der Waals surface area contributed by atoms with Crippen molar-refractivity contribution in [1.29, 1.82) is 0 Å². The van der Waals surface area contributed by atoms with Crippen LogP contribution in [0.15, 0.2) is 66.7 Å². The van der Waals surface area contributed by atoms with Crippen molar-refractivity contribution in [3.05, 3.63) is 100 Å². The fraction of sp³-hybridized carbons (Fsp3) is 0.314. The Morgan fingerprint density at radius 2 is 1.37 bits per heavy atom. The molecule has 2 aliphatic rings. The summed E-state index contributed by atoms with van der Waals surface area (Å²) in [6, 6.07) is 21.0. The molecule has 2 atom stereocenters. The Balaban J connectivity index is 1.16. The first kappa shape index (κ1) is 28.7. The second-order valence-corrected chi connectivity index (χ2v) is 11.4. The molecule has 0 fully saturated rings. The van der Waals surface area contributed by atoms with Crippen LogP contribution in [0.5, 0.6) is 40.2 Å². The zero-order valence-electron chi connectivity index (χ0n) is 24.8. The van der Waals surface area contributed by atoms with Gasteiger partial charge in [0, 0.05) is 18.6 Å². The molecule has 0 saturated carbocycles. The third-order valence-electron chi connectivity index (χ3n) is 8.71. The summed E-state index contributed by atoms with van der Waals surface area (Å²) in [5, 5.41) is 35.0. The van der Waals surface area contributed by atoms with E-state index in [0.29, 0.717) is 29.4 Å². The average molecular weight is 583 g/mol. The summed E-state index contributed by atoms with van der Waals surface area (Å²) in [7, 11) is 5.23. The first-order valence-electron chi connectivity index (χ1n) is 14.6. The van der Waals surface area contributed by atoms with Crippen molar-refractivity contribution in [2.45, 2.75) is 37.8 Å². The van der Waals surface area contributed by atoms with E-state index in [-0.39, 0.29) is 29.3 Å². The number of hydrogen-bond donors (Lipinski definition) is 4. The molecular formula is C35H38N2O6. The summed E-state index contributed by atoms with van der Waals surface area (Å²) in [5.41, 5.74) is 6.69. The highest BCUT2D eigenvalue weighted by atomic mass is 16.5. The maximum absolute atomic E-state index is 10.6. The van der Waals surface area contributed by atoms with Crippen LogP contribution in [0.3, 0.4) is 0 Å². The van der Waals surface area contributed by atoms with Crippen molar-refractivity contribution in [1.82, 2.24) is 10.2 Å². The van der Waals surface area contributed by atoms with Crippen LogP contribution >= 0.6 is 0 Å². The summed E-state index contributed by atoms with van der Waals surface area (Å²) < 4.78 is 16.8. The minimum atomic E-state index is 0.0683. The number of hydrogen-bond acceptors (Lipinski definition) is 8. The molecule has 0 radical (unpaired) electrons. The van der Waals surface area contributed by atoms with Gasteiger partial charge in [0.05, 0.1) is 14.2 Å². The Labute approximate surface area is 252 Å². The lowest BCUT2D eigenvalue weighted by molar-refractivity contribution is 0.228. The summed E-state index contributed by atoms with van der Waals surface area (Å²) in [5.74, 6) is 2.39. The van der Waals surface area contributed by atoms with Gasteiger partial charge in [-0.25, -0.2) is 0 Å². The minimum absolute atomic E-state index is 0.0683. The van der Waals surface area contributed by atoms with E-state index in [9.17, 15) is 15.3 Å². The Bertz CT molecular complexity index is 1620. The Kier molecular flexibility index (Phi) is 8.06. The van der Waals surface area contributed by atoms with E-state index < -0.39 is 0 Å². The van der Waals surface area contributed by atoms with Crippen LogP contribution in [-0.2, 0) is 25.7 Å². The van der Waals surface area contributed by atoms with E-state index in [0.717, 1.165) is 54.6 Å². The van der Waals surface area contributed by atoms with E-state index in [2.05, 4.69) is 17.3 Å². The van der Waals surface area contributed by atoms with Crippen molar-refractivity contribution >= 4 is 0 Å². The number of phenolic OH excluding ortho intramolecular Hbond substituents is 3. The van der Waals surface area contributed by atoms with Crippen molar-refractivity contribution in [3.63, 3.8) is 0 Å². The molecule has 4 N–H and O–H groups in total. The lowest BCUT2D eigenvalue weighted by atomic mass is 9.88. The molecule has 0 aromatic heterocycles. The van der Waals surface area contributed by atoms with Gasteiger partial charge in [-0.2, -0.15) is 0 Å². The number of ether oxygens (including phenoxy) is 3. The van der Waals surface area contributed by atoms with Gasteiger partial charge < -0.3 is 34.8 Å². The molecule has 224 valence electrons. The molecule has 8 heteroatoms. The summed E-state index contributed by atoms with van der Waals surface area (Å²) in [6.45, 7) is 1.76. The maximum Gasteiger partial charge on any atom is 0.169 e. The highest BCUT2D eigenvalue weighted by molar-refractivity contribution is 5.51. The van der Waals surface area contributed by atoms with E-state index in [4.69, 9.17) is 14.2 Å². The van der Waals surface area contributed by atoms with Gasteiger partial charge in [0.25, 0.3) is 0 Å². The second kappa shape index (κ2) is 12.1. The predicted molar refractivity (Wildman–Crippen MR) is 165 cm³/mol. The van der Waals surface area contributed by atoms with E-state index >= 15 is 0 Å². The number of phenols is 3. The van der Waals surface area contributed by atoms with Crippen LogP contribution in [0.4, 0.5) is 0 Å². The molecule has 2 aliphatic heterocycles. The monoisotopic (exact) mass is 582 g/mol. The molecule has 0 amide bonds. The van der Waals surface area contributed by atoms with Crippen molar-refractivity contribution in [2.24, 2.45) is 0 Å². The lowest BCUT2D eigenvalue weighted by Gasteiger charge is -2.35. The van der Waals surface area contributed by atoms with Crippen LogP contribution in [0.25, 0.3) is 0 Å². The van der Waals surface area contributed by atoms with Gasteiger partial charge in [-0.05, 0) is 121 Å². The number of aromatic hydroxyl groups is 3. The van der Waals surface area contributed by atoms with Crippen molar-refractivity contribution in [2.75, 3.05) is 34.4 Å². The molecule has 0 bridgehead atoms. The number of benzene rings is 4. The molecule has 0 spiro atoms. The molecule has 0 saturated heterocycles. The predicted octanol–water partition coefficient (Wildman–Crippen LogP) is 5.81. The maximum atomic E-state index is 10.6. The number of likely N-dealkylation sites (N-methyl/N-ethyl adjacent to an activating group) is 1. The van der Waals surface area contributed by atoms with E-state index in [1.165, 1.54) is 11.1 Å². The molecule has 8 nitrogen and oxygen atoms in total. The molecule has 6 rings (SSSR count). The van der Waals surface area contributed by atoms with Crippen LogP contribution in [0.1, 0.15) is 45.5 Å². The average Bonchev–Trinajstić information content (AvgIpc) is 3.01. The fourth-order valence-electron chi connectivity index (χ4n) is 6.32. The molecule has 0 aliphatic carbocycles. The zero-order valence-corrected chi connectivity index (χ0v) is 24.8. The van der Waals surface area contributed by atoms with Gasteiger partial charge in [-0.15, -0.1) is 0 Å². The second-order valence-electron chi connectivity index (χ2n) is 11.4. The standard InChI is InChI=1S/C35H38N2O6/c1-37-13-11-24-18-34(42-3)32(40)20-27(24)29(37)15-22-6-9-30(38)35(16-22)43-25-7-4-21(5-8-25)14-28-26-19-31(39)33(41-2)17-23(26)10-12-36-28/h4-9,16-20,28-29,36,38-40H,10-15H2,1-3H3/t28-,29-/m1/s1. The number of methoxy groups -OCH3 is 2. The van der Waals surface area contributed by atoms with Crippen LogP contribution in [0.2, 0.25) is 0 Å². The fourth-order valence-corrected chi connectivity index (χ4v) is 6.32. The lowest BCUT2D eigenvalue weighted by Crippen LogP contribution is -2.33. The molecule has 0 unspecified atom stereocenters. The molecule has 2 heterocycles. The summed E-state index contributed by atoms with van der Waals surface area (Å²) in [4.78, 5) is 2.29. The highest BCUT2D eigenvalue weighted by Crippen LogP contribution is 2.40. The Morgan fingerprint density at radius 3 is 2.07 bits per heavy atom. The molecule has 4 aromatic rings. The van der Waals surface area contributed by atoms with Crippen LogP contribution in [-0.4, -0.2) is 54.6 Å². The molecule has 43 heavy (non-hydrogen) atoms. The largest absolute Gasteiger partial charge is 0.504 e. The number of nitrogens with zero attached hydrogens (tertiary/aromatic N) is 1. The quantitative estimate of drug-likeness (QED) is 0.206. The summed E-state index contributed by atoms with van der Waals surface area (Å²) >= 11 is 0. The number of nitrogens with one attached hydrogen (secondary N) is 1. The van der Waals surface area contributed by atoms with Crippen molar-refractivity contribution in [3.8, 4) is 40.2 Å². The van der Waals surface area contributed by atoms with E-state index in [1.807, 2.05) is 60.7 Å². The third-order valence-corrected chi connectivity index (χ3v) is 8.71. The molecular weight excluding hydrogens is 544 g/mol. The third kappa shape index (κ3) is 5.94. The zero-order chi connectivity index (χ0) is 30.1. The van der Waals surface area contributed by atoms with Crippen LogP contribution in [0, 0.1) is 0 Å². The first-order valence-corrected chi connectivity index (χ1v) is 14.6. The SMILES string of the molecule is COc1cc2c(cc1O)[C@@H](Cc1ccc(O)c(Oc3ccc(C[C@H]4NCCc5cc(OC)c(O)cc54)cc3)c1)N(C)CC2. The normalized spacial score (nSPS) is 18.0. The van der Waals surface area contributed by atoms with E-state index in [1.54, 1.807) is 20.3 Å². The van der Waals surface area contributed by atoms with Gasteiger partial charge >= 0.3 is 0 Å². The van der Waals surface area contributed by atoms with Crippen LogP contribution < -0.4 is 19.5 Å². The van der Waals surface area contributed by atoms with Gasteiger partial charge in [-0.1, -0.05) is 18.2 Å². The van der Waals surface area contributed by atoms with Gasteiger partial charge in [0.1, 0.15) is 5.75 Å². The Morgan fingerprint density at radius 1 is 0.721 bits per heavy atom. The summed E-state index contributed by atoms with van der Waals surface area (Å²) in [6.07, 6.45) is 3.23. The van der Waals surface area contributed by atoms with Gasteiger partial charge in [-0.3, -0.25) is 4.90 Å². The smallest absolute Gasteiger partial charge is 0.169 e. The topological polar surface area (TPSA) is 104 Å². The van der Waals surface area contributed by atoms with Gasteiger partial charge in [0.2, 0.25) is 0 Å². The molecule has 4 aromatic carbocycles. The highest BCUT2D eigenvalue weighted by Gasteiger charge is 2.27. The van der Waals surface area contributed by atoms with Crippen molar-refractivity contribution < 1.29 is 29.5 Å². The minimum Gasteiger partial charge on any atom is -0.504 e. The first-order chi connectivity index (χ1) is 20.8. The number of rotatable bonds is 8. The number of fused-ring (bicyclic) bond motifs is 2.